The third kappa shape index (κ3) is 2.15. The lowest BCUT2D eigenvalue weighted by Crippen LogP contribution is -2.37. The molecule has 2 nitrogen and oxygen atoms in total. The van der Waals surface area contributed by atoms with E-state index in [0.29, 0.717) is 24.1 Å². The fourth-order valence-electron chi connectivity index (χ4n) is 2.84. The molecular weight excluding hydrogens is 248 g/mol. The van der Waals surface area contributed by atoms with Crippen molar-refractivity contribution in [2.75, 3.05) is 6.54 Å². The molecule has 100 valence electrons. The molecule has 1 heterocycles. The van der Waals surface area contributed by atoms with Crippen LogP contribution in [0.3, 0.4) is 0 Å². The number of benzene rings is 1. The van der Waals surface area contributed by atoms with Crippen LogP contribution in [0.2, 0.25) is 0 Å². The molecule has 3 rings (SSSR count). The number of hydrogen-bond acceptors (Lipinski definition) is 1. The molecule has 2 aliphatic rings. The number of fused-ring (bicyclic) bond motifs is 1. The summed E-state index contributed by atoms with van der Waals surface area (Å²) in [5, 5.41) is 0. The summed E-state index contributed by atoms with van der Waals surface area (Å²) in [6.07, 6.45) is 5.09. The molecule has 0 saturated carbocycles. The van der Waals surface area contributed by atoms with Crippen LogP contribution in [0.25, 0.3) is 0 Å². The molecular formula is C15H15F2NO. The second-order valence-electron chi connectivity index (χ2n) is 5.08. The van der Waals surface area contributed by atoms with Crippen molar-refractivity contribution in [1.29, 1.82) is 0 Å². The normalized spacial score (nSPS) is 18.2. The Kier molecular flexibility index (Phi) is 3.09. The molecule has 1 aliphatic heterocycles. The molecule has 0 atom stereocenters. The Labute approximate surface area is 110 Å². The topological polar surface area (TPSA) is 20.3 Å². The smallest absolute Gasteiger partial charge is 0.249 e. The Balaban J connectivity index is 1.86. The summed E-state index contributed by atoms with van der Waals surface area (Å²) < 4.78 is 27.3. The van der Waals surface area contributed by atoms with Gasteiger partial charge in [-0.1, -0.05) is 6.08 Å². The minimum Gasteiger partial charge on any atom is -0.334 e. The first kappa shape index (κ1) is 12.3. The first-order valence-electron chi connectivity index (χ1n) is 6.61. The lowest BCUT2D eigenvalue weighted by molar-refractivity contribution is -0.128. The highest BCUT2D eigenvalue weighted by Gasteiger charge is 2.27. The van der Waals surface area contributed by atoms with E-state index in [-0.39, 0.29) is 18.3 Å². The van der Waals surface area contributed by atoms with Gasteiger partial charge in [0.1, 0.15) is 11.6 Å². The minimum absolute atomic E-state index is 0.0215. The van der Waals surface area contributed by atoms with E-state index in [4.69, 9.17) is 0 Å². The van der Waals surface area contributed by atoms with Gasteiger partial charge in [-0.05, 0) is 43.4 Å². The van der Waals surface area contributed by atoms with Gasteiger partial charge in [-0.3, -0.25) is 4.79 Å². The van der Waals surface area contributed by atoms with E-state index in [1.165, 1.54) is 0 Å². The van der Waals surface area contributed by atoms with Crippen LogP contribution >= 0.6 is 0 Å². The van der Waals surface area contributed by atoms with Crippen LogP contribution in [-0.2, 0) is 17.8 Å². The molecule has 0 saturated heterocycles. The van der Waals surface area contributed by atoms with Crippen molar-refractivity contribution in [3.05, 3.63) is 46.5 Å². The third-order valence-corrected chi connectivity index (χ3v) is 3.90. The van der Waals surface area contributed by atoms with E-state index in [1.54, 1.807) is 4.90 Å². The van der Waals surface area contributed by atoms with Gasteiger partial charge in [0.2, 0.25) is 5.91 Å². The highest BCUT2D eigenvalue weighted by molar-refractivity contribution is 5.93. The van der Waals surface area contributed by atoms with Gasteiger partial charge in [0.25, 0.3) is 0 Å². The summed E-state index contributed by atoms with van der Waals surface area (Å²) in [7, 11) is 0. The Hall–Kier alpha value is -1.71. The highest BCUT2D eigenvalue weighted by atomic mass is 19.1. The molecule has 0 bridgehead atoms. The van der Waals surface area contributed by atoms with Crippen LogP contribution in [0.15, 0.2) is 23.8 Å². The van der Waals surface area contributed by atoms with Gasteiger partial charge in [0, 0.05) is 24.2 Å². The van der Waals surface area contributed by atoms with E-state index < -0.39 is 5.82 Å². The highest BCUT2D eigenvalue weighted by Crippen LogP contribution is 2.27. The lowest BCUT2D eigenvalue weighted by atomic mass is 9.98. The predicted molar refractivity (Wildman–Crippen MR) is 67.4 cm³/mol. The van der Waals surface area contributed by atoms with Crippen molar-refractivity contribution in [3.8, 4) is 0 Å². The largest absolute Gasteiger partial charge is 0.334 e. The molecule has 1 aromatic carbocycles. The molecule has 1 aromatic rings. The van der Waals surface area contributed by atoms with E-state index in [2.05, 4.69) is 0 Å². The van der Waals surface area contributed by atoms with Crippen molar-refractivity contribution in [1.82, 2.24) is 4.90 Å². The number of halogens is 2. The molecule has 0 N–H and O–H groups in total. The van der Waals surface area contributed by atoms with Crippen LogP contribution in [0.4, 0.5) is 8.78 Å². The quantitative estimate of drug-likeness (QED) is 0.763. The molecule has 0 fully saturated rings. The zero-order chi connectivity index (χ0) is 13.4. The van der Waals surface area contributed by atoms with Crippen LogP contribution < -0.4 is 0 Å². The number of amides is 1. The Bertz CT molecular complexity index is 566. The number of carbonyl (C=O) groups excluding carboxylic acids is 1. The summed E-state index contributed by atoms with van der Waals surface area (Å²) in [6.45, 7) is 0.638. The monoisotopic (exact) mass is 263 g/mol. The van der Waals surface area contributed by atoms with Gasteiger partial charge in [0.05, 0.1) is 0 Å². The number of allylic oxidation sites excluding steroid dienone is 1. The van der Waals surface area contributed by atoms with Gasteiger partial charge in [-0.25, -0.2) is 8.78 Å². The van der Waals surface area contributed by atoms with Gasteiger partial charge < -0.3 is 4.90 Å². The fourth-order valence-corrected chi connectivity index (χ4v) is 2.84. The maximum Gasteiger partial charge on any atom is 0.249 e. The average molecular weight is 263 g/mol. The predicted octanol–water partition coefficient (Wildman–Crippen LogP) is 2.96. The first-order chi connectivity index (χ1) is 9.16. The second kappa shape index (κ2) is 4.76. The first-order valence-corrected chi connectivity index (χ1v) is 6.61. The SMILES string of the molecule is O=C(C1=CCCC1)N1CCc2c(F)ccc(F)c2C1. The maximum absolute atomic E-state index is 13.7. The van der Waals surface area contributed by atoms with E-state index in [0.717, 1.165) is 37.0 Å². The average Bonchev–Trinajstić information content (AvgIpc) is 2.96. The molecule has 0 aromatic heterocycles. The van der Waals surface area contributed by atoms with Crippen molar-refractivity contribution >= 4 is 5.91 Å². The van der Waals surface area contributed by atoms with E-state index in [9.17, 15) is 13.6 Å². The summed E-state index contributed by atoms with van der Waals surface area (Å²) in [5.74, 6) is -0.815. The standard InChI is InChI=1S/C15H15F2NO/c16-13-5-6-14(17)12-9-18(8-7-11(12)13)15(19)10-3-1-2-4-10/h3,5-6H,1-2,4,7-9H2. The van der Waals surface area contributed by atoms with Crippen molar-refractivity contribution in [2.45, 2.75) is 32.2 Å². The number of nitrogens with zero attached hydrogens (tertiary/aromatic N) is 1. The molecule has 1 amide bonds. The van der Waals surface area contributed by atoms with E-state index >= 15 is 0 Å². The third-order valence-electron chi connectivity index (χ3n) is 3.90. The van der Waals surface area contributed by atoms with Crippen LogP contribution in [-0.4, -0.2) is 17.4 Å². The Morgan fingerprint density at radius 3 is 2.53 bits per heavy atom. The lowest BCUT2D eigenvalue weighted by Gasteiger charge is -2.29. The van der Waals surface area contributed by atoms with Crippen molar-refractivity contribution in [2.24, 2.45) is 0 Å². The van der Waals surface area contributed by atoms with Gasteiger partial charge >= 0.3 is 0 Å². The summed E-state index contributed by atoms with van der Waals surface area (Å²) in [4.78, 5) is 13.9. The fraction of sp³-hybridized carbons (Fsp3) is 0.400. The zero-order valence-electron chi connectivity index (χ0n) is 10.6. The molecule has 0 radical (unpaired) electrons. The molecule has 1 aliphatic carbocycles. The zero-order valence-corrected chi connectivity index (χ0v) is 10.6. The molecule has 0 unspecified atom stereocenters. The van der Waals surface area contributed by atoms with Crippen LogP contribution in [0.1, 0.15) is 30.4 Å². The molecule has 4 heteroatoms. The van der Waals surface area contributed by atoms with Gasteiger partial charge in [0.15, 0.2) is 0 Å². The molecule has 0 spiro atoms. The maximum atomic E-state index is 13.7. The van der Waals surface area contributed by atoms with Gasteiger partial charge in [-0.2, -0.15) is 0 Å². The van der Waals surface area contributed by atoms with Crippen molar-refractivity contribution in [3.63, 3.8) is 0 Å². The van der Waals surface area contributed by atoms with Crippen molar-refractivity contribution < 1.29 is 13.6 Å². The second-order valence-corrected chi connectivity index (χ2v) is 5.08. The molecule has 19 heavy (non-hydrogen) atoms. The van der Waals surface area contributed by atoms with Gasteiger partial charge in [-0.15, -0.1) is 0 Å². The number of rotatable bonds is 1. The van der Waals surface area contributed by atoms with Crippen LogP contribution in [0.5, 0.6) is 0 Å². The van der Waals surface area contributed by atoms with Crippen LogP contribution in [0, 0.1) is 11.6 Å². The minimum atomic E-state index is -0.422. The van der Waals surface area contributed by atoms with E-state index in [1.807, 2.05) is 6.08 Å². The Morgan fingerprint density at radius 1 is 1.11 bits per heavy atom. The summed E-state index contributed by atoms with van der Waals surface area (Å²) >= 11 is 0. The summed E-state index contributed by atoms with van der Waals surface area (Å²) in [5.41, 5.74) is 1.57. The number of carbonyl (C=O) groups is 1. The Morgan fingerprint density at radius 2 is 1.84 bits per heavy atom. The summed E-state index contributed by atoms with van der Waals surface area (Å²) in [6, 6.07) is 2.29. The number of hydrogen-bond donors (Lipinski definition) is 0.